The molecule has 0 aliphatic carbocycles. The lowest BCUT2D eigenvalue weighted by atomic mass is 9.92. The second-order valence-electron chi connectivity index (χ2n) is 6.54. The molecule has 26 heavy (non-hydrogen) atoms. The Bertz CT molecular complexity index is 806. The van der Waals surface area contributed by atoms with Gasteiger partial charge in [-0.15, -0.1) is 0 Å². The Morgan fingerprint density at radius 3 is 2.38 bits per heavy atom. The first-order valence-electron chi connectivity index (χ1n) is 8.00. The average molecular weight is 360 g/mol. The van der Waals surface area contributed by atoms with E-state index in [1.54, 1.807) is 25.3 Å². The lowest BCUT2D eigenvalue weighted by molar-refractivity contribution is 0.0950. The lowest BCUT2D eigenvalue weighted by Gasteiger charge is -2.14. The molecule has 2 N–H and O–H groups in total. The SMILES string of the molecule is COc1ccc(/C=N\NC(=O)c2cc(C(C)(C)C)[nH]n2)c(OC)c1OC. The Kier molecular flexibility index (Phi) is 5.86. The zero-order valence-corrected chi connectivity index (χ0v) is 15.8. The number of ether oxygens (including phenoxy) is 3. The first-order valence-corrected chi connectivity index (χ1v) is 8.00. The number of hydrogen-bond donors (Lipinski definition) is 2. The number of carbonyl (C=O) groups excluding carboxylic acids is 1. The van der Waals surface area contributed by atoms with E-state index in [1.807, 2.05) is 20.8 Å². The summed E-state index contributed by atoms with van der Waals surface area (Å²) in [5, 5.41) is 10.9. The molecule has 0 unspecified atom stereocenters. The molecule has 0 aliphatic heterocycles. The number of aromatic nitrogens is 2. The maximum absolute atomic E-state index is 12.2. The van der Waals surface area contributed by atoms with Gasteiger partial charge in [0.1, 0.15) is 0 Å². The summed E-state index contributed by atoms with van der Waals surface area (Å²) < 4.78 is 15.9. The number of amides is 1. The van der Waals surface area contributed by atoms with Gasteiger partial charge in [0.25, 0.3) is 5.91 Å². The predicted molar refractivity (Wildman–Crippen MR) is 98.4 cm³/mol. The normalized spacial score (nSPS) is 11.5. The fourth-order valence-electron chi connectivity index (χ4n) is 2.27. The van der Waals surface area contributed by atoms with Gasteiger partial charge in [-0.1, -0.05) is 20.8 Å². The smallest absolute Gasteiger partial charge is 0.291 e. The Morgan fingerprint density at radius 1 is 1.15 bits per heavy atom. The van der Waals surface area contributed by atoms with Crippen molar-refractivity contribution in [3.8, 4) is 17.2 Å². The van der Waals surface area contributed by atoms with Gasteiger partial charge in [0.2, 0.25) is 5.75 Å². The van der Waals surface area contributed by atoms with Gasteiger partial charge < -0.3 is 14.2 Å². The fraction of sp³-hybridized carbons (Fsp3) is 0.389. The zero-order valence-electron chi connectivity index (χ0n) is 15.8. The summed E-state index contributed by atoms with van der Waals surface area (Å²) in [6.45, 7) is 6.09. The van der Waals surface area contributed by atoms with Crippen LogP contribution >= 0.6 is 0 Å². The summed E-state index contributed by atoms with van der Waals surface area (Å²) in [5.74, 6) is 1.04. The minimum Gasteiger partial charge on any atom is -0.493 e. The number of hydrogen-bond acceptors (Lipinski definition) is 6. The van der Waals surface area contributed by atoms with E-state index in [-0.39, 0.29) is 11.1 Å². The van der Waals surface area contributed by atoms with Gasteiger partial charge in [0.05, 0.1) is 27.5 Å². The first kappa shape index (κ1) is 19.3. The quantitative estimate of drug-likeness (QED) is 0.609. The molecule has 0 saturated carbocycles. The monoisotopic (exact) mass is 360 g/mol. The van der Waals surface area contributed by atoms with Crippen molar-refractivity contribution in [2.75, 3.05) is 21.3 Å². The van der Waals surface area contributed by atoms with E-state index in [1.165, 1.54) is 20.4 Å². The van der Waals surface area contributed by atoms with Crippen LogP contribution in [0.5, 0.6) is 17.2 Å². The van der Waals surface area contributed by atoms with Gasteiger partial charge in [0, 0.05) is 16.7 Å². The number of rotatable bonds is 6. The van der Waals surface area contributed by atoms with Crippen LogP contribution in [-0.4, -0.2) is 43.6 Å². The van der Waals surface area contributed by atoms with Crippen molar-refractivity contribution in [3.63, 3.8) is 0 Å². The average Bonchev–Trinajstić information content (AvgIpc) is 3.11. The Balaban J connectivity index is 2.15. The Morgan fingerprint density at radius 2 is 1.85 bits per heavy atom. The van der Waals surface area contributed by atoms with E-state index in [0.29, 0.717) is 22.8 Å². The van der Waals surface area contributed by atoms with Crippen LogP contribution in [0, 0.1) is 0 Å². The fourth-order valence-corrected chi connectivity index (χ4v) is 2.27. The molecular weight excluding hydrogens is 336 g/mol. The summed E-state index contributed by atoms with van der Waals surface area (Å²) in [7, 11) is 4.58. The van der Waals surface area contributed by atoms with Crippen LogP contribution in [0.2, 0.25) is 0 Å². The highest BCUT2D eigenvalue weighted by atomic mass is 16.5. The maximum atomic E-state index is 12.2. The Hall–Kier alpha value is -3.03. The van der Waals surface area contributed by atoms with Crippen molar-refractivity contribution in [2.24, 2.45) is 5.10 Å². The number of hydrazone groups is 1. The van der Waals surface area contributed by atoms with Gasteiger partial charge in [0.15, 0.2) is 17.2 Å². The lowest BCUT2D eigenvalue weighted by Crippen LogP contribution is -2.18. The number of carbonyl (C=O) groups is 1. The summed E-state index contributed by atoms with van der Waals surface area (Å²) >= 11 is 0. The molecule has 2 aromatic rings. The molecule has 0 radical (unpaired) electrons. The van der Waals surface area contributed by atoms with Crippen LogP contribution in [0.25, 0.3) is 0 Å². The van der Waals surface area contributed by atoms with Gasteiger partial charge in [-0.05, 0) is 18.2 Å². The molecule has 0 bridgehead atoms. The van der Waals surface area contributed by atoms with Crippen molar-refractivity contribution in [2.45, 2.75) is 26.2 Å². The van der Waals surface area contributed by atoms with Crippen LogP contribution in [0.4, 0.5) is 0 Å². The number of H-pyrrole nitrogens is 1. The maximum Gasteiger partial charge on any atom is 0.291 e. The van der Waals surface area contributed by atoms with Crippen LogP contribution in [0.1, 0.15) is 42.5 Å². The second-order valence-corrected chi connectivity index (χ2v) is 6.54. The van der Waals surface area contributed by atoms with Crippen LogP contribution in [-0.2, 0) is 5.41 Å². The summed E-state index contributed by atoms with van der Waals surface area (Å²) in [4.78, 5) is 12.2. The summed E-state index contributed by atoms with van der Waals surface area (Å²) in [6.07, 6.45) is 1.47. The number of nitrogens with zero attached hydrogens (tertiary/aromatic N) is 2. The van der Waals surface area contributed by atoms with E-state index < -0.39 is 5.91 Å². The number of benzene rings is 1. The van der Waals surface area contributed by atoms with Gasteiger partial charge in [-0.25, -0.2) is 5.43 Å². The van der Waals surface area contributed by atoms with Crippen molar-refractivity contribution in [3.05, 3.63) is 35.2 Å². The van der Waals surface area contributed by atoms with E-state index in [9.17, 15) is 4.79 Å². The third-order valence-corrected chi connectivity index (χ3v) is 3.72. The minimum atomic E-state index is -0.410. The zero-order chi connectivity index (χ0) is 19.3. The molecule has 1 aromatic heterocycles. The number of nitrogens with one attached hydrogen (secondary N) is 2. The van der Waals surface area contributed by atoms with E-state index in [4.69, 9.17) is 14.2 Å². The highest BCUT2D eigenvalue weighted by molar-refractivity contribution is 5.93. The van der Waals surface area contributed by atoms with Crippen molar-refractivity contribution in [1.29, 1.82) is 0 Å². The van der Waals surface area contributed by atoms with Crippen LogP contribution in [0.15, 0.2) is 23.3 Å². The molecule has 0 fully saturated rings. The van der Waals surface area contributed by atoms with Crippen LogP contribution < -0.4 is 19.6 Å². The molecule has 8 nitrogen and oxygen atoms in total. The molecule has 0 atom stereocenters. The van der Waals surface area contributed by atoms with Crippen LogP contribution in [0.3, 0.4) is 0 Å². The Labute approximate surface area is 152 Å². The van der Waals surface area contributed by atoms with Crippen molar-refractivity contribution >= 4 is 12.1 Å². The second kappa shape index (κ2) is 7.90. The summed E-state index contributed by atoms with van der Waals surface area (Å²) in [5.41, 5.74) is 4.09. The molecule has 1 heterocycles. The molecule has 0 saturated heterocycles. The molecule has 8 heteroatoms. The molecule has 0 spiro atoms. The van der Waals surface area contributed by atoms with Gasteiger partial charge in [-0.3, -0.25) is 9.89 Å². The summed E-state index contributed by atoms with van der Waals surface area (Å²) in [6, 6.07) is 5.19. The first-order chi connectivity index (χ1) is 12.3. The molecular formula is C18H24N4O4. The van der Waals surface area contributed by atoms with E-state index in [2.05, 4.69) is 20.7 Å². The van der Waals surface area contributed by atoms with E-state index >= 15 is 0 Å². The van der Waals surface area contributed by atoms with Crippen molar-refractivity contribution in [1.82, 2.24) is 15.6 Å². The topological polar surface area (TPSA) is 97.8 Å². The van der Waals surface area contributed by atoms with E-state index in [0.717, 1.165) is 5.69 Å². The molecule has 2 rings (SSSR count). The minimum absolute atomic E-state index is 0.123. The largest absolute Gasteiger partial charge is 0.493 e. The molecule has 140 valence electrons. The predicted octanol–water partition coefficient (Wildman–Crippen LogP) is 2.50. The number of aromatic amines is 1. The third-order valence-electron chi connectivity index (χ3n) is 3.72. The van der Waals surface area contributed by atoms with Gasteiger partial charge >= 0.3 is 0 Å². The third kappa shape index (κ3) is 4.14. The molecule has 1 amide bonds. The van der Waals surface area contributed by atoms with Gasteiger partial charge in [-0.2, -0.15) is 10.2 Å². The highest BCUT2D eigenvalue weighted by Crippen LogP contribution is 2.38. The molecule has 1 aromatic carbocycles. The highest BCUT2D eigenvalue weighted by Gasteiger charge is 2.19. The van der Waals surface area contributed by atoms with Crippen molar-refractivity contribution < 1.29 is 19.0 Å². The molecule has 0 aliphatic rings. The number of methoxy groups -OCH3 is 3. The standard InChI is InChI=1S/C18H24N4O4/c1-18(2,3)14-9-12(20-21-14)17(23)22-19-10-11-7-8-13(24-4)16(26-6)15(11)25-5/h7-10H,1-6H3,(H,20,21)(H,22,23)/b19-10-.